The minimum absolute atomic E-state index is 0.109. The molecule has 2 amide bonds. The highest BCUT2D eigenvalue weighted by molar-refractivity contribution is 6.30. The van der Waals surface area contributed by atoms with Crippen molar-refractivity contribution in [2.24, 2.45) is 0 Å². The van der Waals surface area contributed by atoms with Crippen molar-refractivity contribution in [3.8, 4) is 5.75 Å². The fraction of sp³-hybridized carbons (Fsp3) is 0.400. The van der Waals surface area contributed by atoms with E-state index < -0.39 is 0 Å². The lowest BCUT2D eigenvalue weighted by molar-refractivity contribution is -0.129. The minimum atomic E-state index is -0.380. The van der Waals surface area contributed by atoms with E-state index in [2.05, 4.69) is 20.6 Å². The van der Waals surface area contributed by atoms with Gasteiger partial charge >= 0.3 is 0 Å². The molecule has 1 aromatic heterocycles. The number of aromatic nitrogens is 2. The second-order valence-electron chi connectivity index (χ2n) is 6.94. The number of hydroxylamine groups is 1. The first kappa shape index (κ1) is 21.8. The molecule has 2 aromatic rings. The van der Waals surface area contributed by atoms with E-state index in [1.54, 1.807) is 11.5 Å². The van der Waals surface area contributed by atoms with Crippen molar-refractivity contribution in [3.63, 3.8) is 0 Å². The summed E-state index contributed by atoms with van der Waals surface area (Å²) in [6, 6.07) is 5.36. The molecule has 0 saturated carbocycles. The van der Waals surface area contributed by atoms with E-state index in [1.165, 1.54) is 12.4 Å². The van der Waals surface area contributed by atoms with E-state index in [9.17, 15) is 9.59 Å². The van der Waals surface area contributed by atoms with E-state index in [0.29, 0.717) is 42.5 Å². The lowest BCUT2D eigenvalue weighted by Gasteiger charge is -2.12. The summed E-state index contributed by atoms with van der Waals surface area (Å²) in [5.74, 6) is 0.571. The smallest absolute Gasteiger partial charge is 0.254 e. The first-order chi connectivity index (χ1) is 14.6. The number of nitrogens with zero attached hydrogens (tertiary/aromatic N) is 2. The van der Waals surface area contributed by atoms with E-state index >= 15 is 0 Å². The molecule has 9 nitrogen and oxygen atoms in total. The average Bonchev–Trinajstić information content (AvgIpc) is 3.15. The van der Waals surface area contributed by atoms with Crippen molar-refractivity contribution in [1.82, 2.24) is 20.8 Å². The van der Waals surface area contributed by atoms with E-state index in [4.69, 9.17) is 21.5 Å². The Hall–Kier alpha value is -2.91. The summed E-state index contributed by atoms with van der Waals surface area (Å²) in [5.41, 5.74) is 2.94. The van der Waals surface area contributed by atoms with Gasteiger partial charge in [-0.2, -0.15) is 0 Å². The zero-order chi connectivity index (χ0) is 21.3. The zero-order valence-electron chi connectivity index (χ0n) is 16.4. The number of hydrogen-bond acceptors (Lipinski definition) is 7. The molecule has 160 valence electrons. The zero-order valence-corrected chi connectivity index (χ0v) is 17.1. The van der Waals surface area contributed by atoms with Gasteiger partial charge in [0.1, 0.15) is 12.4 Å². The van der Waals surface area contributed by atoms with Crippen LogP contribution in [0, 0.1) is 0 Å². The molecule has 0 radical (unpaired) electrons. The third kappa shape index (κ3) is 6.04. The molecule has 4 N–H and O–H groups in total. The SMILES string of the molecule is O=C(CCCCCCNC(=O)c1cnc(N[C@@H]2COc3ccc(Cl)cc32)nc1)NO. The van der Waals surface area contributed by atoms with Crippen molar-refractivity contribution in [2.75, 3.05) is 18.5 Å². The molecule has 0 unspecified atom stereocenters. The van der Waals surface area contributed by atoms with Crippen LogP contribution in [0.5, 0.6) is 5.75 Å². The molecule has 0 bridgehead atoms. The monoisotopic (exact) mass is 433 g/mol. The maximum absolute atomic E-state index is 12.2. The molecule has 10 heteroatoms. The average molecular weight is 434 g/mol. The Kier molecular flexibility index (Phi) is 7.81. The van der Waals surface area contributed by atoms with Crippen LogP contribution in [-0.2, 0) is 4.79 Å². The number of carbonyl (C=O) groups is 2. The van der Waals surface area contributed by atoms with Gasteiger partial charge in [-0.05, 0) is 31.0 Å². The van der Waals surface area contributed by atoms with Crippen molar-refractivity contribution < 1.29 is 19.5 Å². The maximum atomic E-state index is 12.2. The van der Waals surface area contributed by atoms with Gasteiger partial charge in [0.25, 0.3) is 5.91 Å². The predicted molar refractivity (Wildman–Crippen MR) is 111 cm³/mol. The molecule has 2 heterocycles. The highest BCUT2D eigenvalue weighted by atomic mass is 35.5. The van der Waals surface area contributed by atoms with Crippen LogP contribution in [0.3, 0.4) is 0 Å². The topological polar surface area (TPSA) is 125 Å². The van der Waals surface area contributed by atoms with Gasteiger partial charge in [-0.1, -0.05) is 24.4 Å². The predicted octanol–water partition coefficient (Wildman–Crippen LogP) is 2.86. The van der Waals surface area contributed by atoms with Crippen LogP contribution in [0.2, 0.25) is 5.02 Å². The standard InChI is InChI=1S/C20H24ClN5O4/c21-14-6-7-17-15(9-14)16(12-30-17)25-20-23-10-13(11-24-20)19(28)22-8-4-2-1-3-5-18(27)26-29/h6-7,9-11,16,29H,1-5,8,12H2,(H,22,28)(H,26,27)(H,23,24,25)/t16-/m1/s1. The van der Waals surface area contributed by atoms with Crippen LogP contribution in [0.4, 0.5) is 5.95 Å². The van der Waals surface area contributed by atoms with Crippen molar-refractivity contribution >= 4 is 29.4 Å². The molecule has 1 aromatic carbocycles. The van der Waals surface area contributed by atoms with Gasteiger partial charge < -0.3 is 15.4 Å². The van der Waals surface area contributed by atoms with Gasteiger partial charge in [-0.15, -0.1) is 0 Å². The molecule has 1 aliphatic heterocycles. The molecule has 30 heavy (non-hydrogen) atoms. The van der Waals surface area contributed by atoms with Gasteiger partial charge in [-0.3, -0.25) is 14.8 Å². The molecule has 0 aliphatic carbocycles. The van der Waals surface area contributed by atoms with Gasteiger partial charge in [0.15, 0.2) is 0 Å². The number of nitrogens with one attached hydrogen (secondary N) is 3. The fourth-order valence-corrected chi connectivity index (χ4v) is 3.29. The first-order valence-electron chi connectivity index (χ1n) is 9.79. The number of rotatable bonds is 10. The molecular weight excluding hydrogens is 410 g/mol. The Balaban J connectivity index is 1.40. The number of unbranched alkanes of at least 4 members (excludes halogenated alkanes) is 3. The van der Waals surface area contributed by atoms with Gasteiger partial charge in [-0.25, -0.2) is 15.4 Å². The van der Waals surface area contributed by atoms with Crippen LogP contribution < -0.4 is 20.9 Å². The Morgan fingerprint density at radius 3 is 2.70 bits per heavy atom. The van der Waals surface area contributed by atoms with Crippen LogP contribution >= 0.6 is 11.6 Å². The normalized spacial score (nSPS) is 14.5. The fourth-order valence-electron chi connectivity index (χ4n) is 3.11. The number of carbonyl (C=O) groups excluding carboxylic acids is 2. The minimum Gasteiger partial charge on any atom is -0.491 e. The van der Waals surface area contributed by atoms with Crippen LogP contribution in [-0.4, -0.2) is 40.1 Å². The summed E-state index contributed by atoms with van der Waals surface area (Å²) in [5, 5.41) is 15.1. The third-order valence-electron chi connectivity index (χ3n) is 4.71. The Morgan fingerprint density at radius 1 is 1.17 bits per heavy atom. The van der Waals surface area contributed by atoms with Gasteiger partial charge in [0.05, 0.1) is 11.6 Å². The molecule has 0 spiro atoms. The van der Waals surface area contributed by atoms with Crippen LogP contribution in [0.15, 0.2) is 30.6 Å². The summed E-state index contributed by atoms with van der Waals surface area (Å²) >= 11 is 6.06. The summed E-state index contributed by atoms with van der Waals surface area (Å²) in [7, 11) is 0. The van der Waals surface area contributed by atoms with Gasteiger partial charge in [0, 0.05) is 35.9 Å². The maximum Gasteiger partial charge on any atom is 0.254 e. The summed E-state index contributed by atoms with van der Waals surface area (Å²) in [6.07, 6.45) is 6.49. The van der Waals surface area contributed by atoms with Crippen LogP contribution in [0.1, 0.15) is 54.1 Å². The third-order valence-corrected chi connectivity index (χ3v) is 4.95. The van der Waals surface area contributed by atoms with E-state index in [0.717, 1.165) is 30.6 Å². The largest absolute Gasteiger partial charge is 0.491 e. The first-order valence-corrected chi connectivity index (χ1v) is 10.2. The Morgan fingerprint density at radius 2 is 1.93 bits per heavy atom. The summed E-state index contributed by atoms with van der Waals surface area (Å²) < 4.78 is 5.63. The van der Waals surface area contributed by atoms with Crippen molar-refractivity contribution in [2.45, 2.75) is 38.1 Å². The number of benzene rings is 1. The Bertz CT molecular complexity index is 878. The molecule has 1 atom stereocenters. The van der Waals surface area contributed by atoms with Crippen LogP contribution in [0.25, 0.3) is 0 Å². The molecule has 0 saturated heterocycles. The molecular formula is C20H24ClN5O4. The number of halogens is 1. The number of fused-ring (bicyclic) bond motifs is 1. The number of anilines is 1. The summed E-state index contributed by atoms with van der Waals surface area (Å²) in [4.78, 5) is 31.5. The van der Waals surface area contributed by atoms with Gasteiger partial charge in [0.2, 0.25) is 11.9 Å². The lowest BCUT2D eigenvalue weighted by atomic mass is 10.1. The molecule has 3 rings (SSSR count). The molecule has 1 aliphatic rings. The van der Waals surface area contributed by atoms with E-state index in [-0.39, 0.29) is 17.9 Å². The van der Waals surface area contributed by atoms with Crippen molar-refractivity contribution in [3.05, 3.63) is 46.7 Å². The van der Waals surface area contributed by atoms with Crippen molar-refractivity contribution in [1.29, 1.82) is 0 Å². The van der Waals surface area contributed by atoms with E-state index in [1.807, 2.05) is 12.1 Å². The second-order valence-corrected chi connectivity index (χ2v) is 7.38. The Labute approximate surface area is 179 Å². The number of amides is 2. The number of ether oxygens (including phenoxy) is 1. The second kappa shape index (κ2) is 10.7. The summed E-state index contributed by atoms with van der Waals surface area (Å²) in [6.45, 7) is 0.980. The highest BCUT2D eigenvalue weighted by Crippen LogP contribution is 2.35. The highest BCUT2D eigenvalue weighted by Gasteiger charge is 2.25. The molecule has 0 fully saturated rings. The quantitative estimate of drug-likeness (QED) is 0.258. The lowest BCUT2D eigenvalue weighted by Crippen LogP contribution is -2.25. The number of hydrogen-bond donors (Lipinski definition) is 4.